The lowest BCUT2D eigenvalue weighted by Gasteiger charge is -2.16. The molecule has 0 fully saturated rings. The Bertz CT molecular complexity index is 707. The quantitative estimate of drug-likeness (QED) is 0.375. The van der Waals surface area contributed by atoms with Crippen molar-refractivity contribution < 1.29 is 4.79 Å². The number of unbranched alkanes of at least 4 members (excludes halogenated alkanes) is 9. The number of hydrogen-bond acceptors (Lipinski definition) is 2. The van der Waals surface area contributed by atoms with Crippen molar-refractivity contribution in [3.05, 3.63) is 30.1 Å². The van der Waals surface area contributed by atoms with E-state index in [0.717, 1.165) is 24.3 Å². The van der Waals surface area contributed by atoms with Gasteiger partial charge in [0.25, 0.3) is 0 Å². The van der Waals surface area contributed by atoms with E-state index in [1.54, 1.807) is 0 Å². The van der Waals surface area contributed by atoms with Crippen LogP contribution in [0.2, 0.25) is 0 Å². The molecule has 1 heterocycles. The lowest BCUT2D eigenvalue weighted by Crippen LogP contribution is -2.28. The molecule has 4 heteroatoms. The predicted octanol–water partition coefficient (Wildman–Crippen LogP) is 6.54. The van der Waals surface area contributed by atoms with E-state index in [-0.39, 0.29) is 11.9 Å². The molecule has 0 saturated carbocycles. The third-order valence-corrected chi connectivity index (χ3v) is 5.51. The Morgan fingerprint density at radius 2 is 1.57 bits per heavy atom. The SMILES string of the molecule is CCCCCCCCCCCCn1c(C(C)NC(=O)CC)nc2ccccc21. The standard InChI is InChI=1S/C24H39N3O/c1-4-6-7-8-9-10-11-12-13-16-19-27-22-18-15-14-17-21(22)26-24(27)20(3)25-23(28)5-2/h14-15,17-18,20H,4-13,16,19H2,1-3H3,(H,25,28). The maximum atomic E-state index is 11.8. The van der Waals surface area contributed by atoms with Crippen LogP contribution >= 0.6 is 0 Å². The molecule has 1 atom stereocenters. The van der Waals surface area contributed by atoms with Crippen LogP contribution in [0.5, 0.6) is 0 Å². The van der Waals surface area contributed by atoms with Crippen molar-refractivity contribution in [3.8, 4) is 0 Å². The van der Waals surface area contributed by atoms with E-state index in [9.17, 15) is 4.79 Å². The number of para-hydroxylation sites is 2. The zero-order valence-electron chi connectivity index (χ0n) is 18.2. The van der Waals surface area contributed by atoms with E-state index >= 15 is 0 Å². The van der Waals surface area contributed by atoms with Gasteiger partial charge in [0.1, 0.15) is 5.82 Å². The lowest BCUT2D eigenvalue weighted by atomic mass is 10.1. The third kappa shape index (κ3) is 6.96. The number of hydrogen-bond donors (Lipinski definition) is 1. The number of amides is 1. The summed E-state index contributed by atoms with van der Waals surface area (Å²) in [6.45, 7) is 7.16. The maximum absolute atomic E-state index is 11.8. The number of imidazole rings is 1. The average Bonchev–Trinajstić information content (AvgIpc) is 3.08. The van der Waals surface area contributed by atoms with Crippen LogP contribution in [0.4, 0.5) is 0 Å². The molecule has 156 valence electrons. The molecule has 0 bridgehead atoms. The third-order valence-electron chi connectivity index (χ3n) is 5.51. The summed E-state index contributed by atoms with van der Waals surface area (Å²) in [6.07, 6.45) is 13.9. The topological polar surface area (TPSA) is 46.9 Å². The maximum Gasteiger partial charge on any atom is 0.220 e. The van der Waals surface area contributed by atoms with Crippen LogP contribution in [-0.2, 0) is 11.3 Å². The molecule has 0 aliphatic rings. The zero-order chi connectivity index (χ0) is 20.2. The first-order chi connectivity index (χ1) is 13.7. The molecule has 1 unspecified atom stereocenters. The first-order valence-electron chi connectivity index (χ1n) is 11.4. The summed E-state index contributed by atoms with van der Waals surface area (Å²) >= 11 is 0. The molecule has 0 aliphatic heterocycles. The van der Waals surface area contributed by atoms with Gasteiger partial charge in [0.05, 0.1) is 17.1 Å². The molecule has 0 spiro atoms. The van der Waals surface area contributed by atoms with Gasteiger partial charge in [-0.25, -0.2) is 4.98 Å². The molecule has 2 aromatic rings. The van der Waals surface area contributed by atoms with Gasteiger partial charge in [-0.3, -0.25) is 4.79 Å². The Balaban J connectivity index is 1.84. The minimum Gasteiger partial charge on any atom is -0.346 e. The number of fused-ring (bicyclic) bond motifs is 1. The molecule has 1 amide bonds. The highest BCUT2D eigenvalue weighted by Gasteiger charge is 2.17. The van der Waals surface area contributed by atoms with E-state index < -0.39 is 0 Å². The Morgan fingerprint density at radius 1 is 0.964 bits per heavy atom. The first kappa shape index (κ1) is 22.4. The fourth-order valence-corrected chi connectivity index (χ4v) is 3.83. The largest absolute Gasteiger partial charge is 0.346 e. The van der Waals surface area contributed by atoms with Crippen molar-refractivity contribution in [2.75, 3.05) is 0 Å². The van der Waals surface area contributed by atoms with Gasteiger partial charge in [0, 0.05) is 13.0 Å². The Morgan fingerprint density at radius 3 is 2.21 bits per heavy atom. The highest BCUT2D eigenvalue weighted by molar-refractivity contribution is 5.77. The second-order valence-corrected chi connectivity index (χ2v) is 7.94. The van der Waals surface area contributed by atoms with Gasteiger partial charge in [-0.2, -0.15) is 0 Å². The highest BCUT2D eigenvalue weighted by Crippen LogP contribution is 2.22. The average molecular weight is 386 g/mol. The van der Waals surface area contributed by atoms with Crippen molar-refractivity contribution in [1.82, 2.24) is 14.9 Å². The van der Waals surface area contributed by atoms with Crippen molar-refractivity contribution in [3.63, 3.8) is 0 Å². The summed E-state index contributed by atoms with van der Waals surface area (Å²) in [6, 6.07) is 8.22. The van der Waals surface area contributed by atoms with E-state index in [4.69, 9.17) is 4.98 Å². The summed E-state index contributed by atoms with van der Waals surface area (Å²) in [4.78, 5) is 16.6. The summed E-state index contributed by atoms with van der Waals surface area (Å²) in [7, 11) is 0. The van der Waals surface area contributed by atoms with Crippen LogP contribution in [0.3, 0.4) is 0 Å². The molecule has 0 radical (unpaired) electrons. The Hall–Kier alpha value is -1.84. The number of aromatic nitrogens is 2. The van der Waals surface area contributed by atoms with E-state index in [2.05, 4.69) is 35.0 Å². The van der Waals surface area contributed by atoms with Crippen molar-refractivity contribution in [1.29, 1.82) is 0 Å². The summed E-state index contributed by atoms with van der Waals surface area (Å²) < 4.78 is 2.31. The van der Waals surface area contributed by atoms with Crippen LogP contribution in [0, 0.1) is 0 Å². The second kappa shape index (κ2) is 12.6. The van der Waals surface area contributed by atoms with Crippen LogP contribution in [0.1, 0.15) is 103 Å². The number of carbonyl (C=O) groups is 1. The number of rotatable bonds is 14. The van der Waals surface area contributed by atoms with Crippen molar-refractivity contribution >= 4 is 16.9 Å². The van der Waals surface area contributed by atoms with Gasteiger partial charge >= 0.3 is 0 Å². The monoisotopic (exact) mass is 385 g/mol. The fraction of sp³-hybridized carbons (Fsp3) is 0.667. The molecule has 1 aromatic heterocycles. The van der Waals surface area contributed by atoms with Gasteiger partial charge < -0.3 is 9.88 Å². The van der Waals surface area contributed by atoms with Crippen LogP contribution < -0.4 is 5.32 Å². The smallest absolute Gasteiger partial charge is 0.220 e. The minimum absolute atomic E-state index is 0.0667. The van der Waals surface area contributed by atoms with Crippen molar-refractivity contribution in [2.45, 2.75) is 104 Å². The highest BCUT2D eigenvalue weighted by atomic mass is 16.1. The Kier molecular flexibility index (Phi) is 10.1. The molecule has 1 aromatic carbocycles. The fourth-order valence-electron chi connectivity index (χ4n) is 3.83. The lowest BCUT2D eigenvalue weighted by molar-refractivity contribution is -0.121. The normalized spacial score (nSPS) is 12.4. The summed E-state index contributed by atoms with van der Waals surface area (Å²) in [5, 5.41) is 3.06. The van der Waals surface area contributed by atoms with Crippen LogP contribution in [-0.4, -0.2) is 15.5 Å². The number of aryl methyl sites for hydroxylation is 1. The van der Waals surface area contributed by atoms with Gasteiger partial charge in [-0.15, -0.1) is 0 Å². The van der Waals surface area contributed by atoms with Gasteiger partial charge in [0.15, 0.2) is 0 Å². The number of benzene rings is 1. The molecule has 2 rings (SSSR count). The number of nitrogens with one attached hydrogen (secondary N) is 1. The molecule has 0 saturated heterocycles. The molecule has 28 heavy (non-hydrogen) atoms. The van der Waals surface area contributed by atoms with Crippen LogP contribution in [0.25, 0.3) is 11.0 Å². The molecular weight excluding hydrogens is 346 g/mol. The minimum atomic E-state index is -0.0667. The molecular formula is C24H39N3O. The van der Waals surface area contributed by atoms with Crippen LogP contribution in [0.15, 0.2) is 24.3 Å². The Labute approximate surface area is 171 Å². The molecule has 1 N–H and O–H groups in total. The molecule has 4 nitrogen and oxygen atoms in total. The summed E-state index contributed by atoms with van der Waals surface area (Å²) in [5.74, 6) is 1.05. The second-order valence-electron chi connectivity index (χ2n) is 7.94. The van der Waals surface area contributed by atoms with Gasteiger partial charge in [0.2, 0.25) is 5.91 Å². The number of carbonyl (C=O) groups excluding carboxylic acids is 1. The van der Waals surface area contributed by atoms with Crippen molar-refractivity contribution in [2.24, 2.45) is 0 Å². The summed E-state index contributed by atoms with van der Waals surface area (Å²) in [5.41, 5.74) is 2.19. The van der Waals surface area contributed by atoms with Gasteiger partial charge in [-0.05, 0) is 25.5 Å². The number of nitrogens with zero attached hydrogens (tertiary/aromatic N) is 2. The molecule has 0 aliphatic carbocycles. The van der Waals surface area contributed by atoms with Gasteiger partial charge in [-0.1, -0.05) is 83.8 Å². The van der Waals surface area contributed by atoms with E-state index in [1.165, 1.54) is 63.3 Å². The zero-order valence-corrected chi connectivity index (χ0v) is 18.2. The predicted molar refractivity (Wildman–Crippen MR) is 118 cm³/mol. The first-order valence-corrected chi connectivity index (χ1v) is 11.4. The van der Waals surface area contributed by atoms with E-state index in [0.29, 0.717) is 6.42 Å². The van der Waals surface area contributed by atoms with E-state index in [1.807, 2.05) is 19.9 Å².